The second-order valence-electron chi connectivity index (χ2n) is 5.14. The molecule has 1 heterocycles. The number of rotatable bonds is 5. The third-order valence-corrected chi connectivity index (χ3v) is 3.34. The van der Waals surface area contributed by atoms with Gasteiger partial charge < -0.3 is 20.3 Å². The third kappa shape index (κ3) is 3.46. The predicted octanol–water partition coefficient (Wildman–Crippen LogP) is 1.02. The van der Waals surface area contributed by atoms with Crippen LogP contribution in [0.15, 0.2) is 12.4 Å². The normalized spacial score (nSPS) is 18.1. The van der Waals surface area contributed by atoms with Gasteiger partial charge in [0.25, 0.3) is 0 Å². The average molecular weight is 306 g/mol. The summed E-state index contributed by atoms with van der Waals surface area (Å²) in [5.74, 6) is -0.501. The topological polar surface area (TPSA) is 79.2 Å². The SMILES string of the molecule is Cn1ccnc1C(O)(CCNC(=O)NC1CC1)C(F)(F)F. The molecule has 2 rings (SSSR count). The molecule has 1 atom stereocenters. The Hall–Kier alpha value is -1.77. The number of urea groups is 1. The molecule has 1 aliphatic carbocycles. The van der Waals surface area contributed by atoms with Crippen LogP contribution < -0.4 is 10.6 Å². The number of hydrogen-bond acceptors (Lipinski definition) is 3. The van der Waals surface area contributed by atoms with Crippen molar-refractivity contribution < 1.29 is 23.1 Å². The van der Waals surface area contributed by atoms with E-state index in [4.69, 9.17) is 0 Å². The lowest BCUT2D eigenvalue weighted by Gasteiger charge is -2.29. The first-order chi connectivity index (χ1) is 9.74. The summed E-state index contributed by atoms with van der Waals surface area (Å²) >= 11 is 0. The van der Waals surface area contributed by atoms with E-state index >= 15 is 0 Å². The molecule has 0 aromatic carbocycles. The van der Waals surface area contributed by atoms with E-state index in [-0.39, 0.29) is 12.6 Å². The number of alkyl halides is 3. The molecule has 6 nitrogen and oxygen atoms in total. The minimum atomic E-state index is -4.89. The summed E-state index contributed by atoms with van der Waals surface area (Å²) in [7, 11) is 1.37. The number of carbonyl (C=O) groups excluding carboxylic acids is 1. The molecule has 1 aliphatic rings. The van der Waals surface area contributed by atoms with Gasteiger partial charge in [-0.3, -0.25) is 0 Å². The molecular formula is C12H17F3N4O2. The van der Waals surface area contributed by atoms with E-state index in [2.05, 4.69) is 15.6 Å². The van der Waals surface area contributed by atoms with Crippen molar-refractivity contribution in [1.82, 2.24) is 20.2 Å². The number of hydrogen-bond donors (Lipinski definition) is 3. The first kappa shape index (κ1) is 15.6. The molecule has 0 spiro atoms. The van der Waals surface area contributed by atoms with E-state index in [1.807, 2.05) is 0 Å². The molecule has 1 aromatic rings. The van der Waals surface area contributed by atoms with Crippen LogP contribution in [0.4, 0.5) is 18.0 Å². The fourth-order valence-corrected chi connectivity index (χ4v) is 1.97. The van der Waals surface area contributed by atoms with Gasteiger partial charge in [-0.05, 0) is 12.8 Å². The lowest BCUT2D eigenvalue weighted by atomic mass is 9.97. The van der Waals surface area contributed by atoms with Gasteiger partial charge in [0.15, 0.2) is 0 Å². The van der Waals surface area contributed by atoms with E-state index in [0.29, 0.717) is 0 Å². The van der Waals surface area contributed by atoms with Gasteiger partial charge in [0, 0.05) is 38.4 Å². The van der Waals surface area contributed by atoms with Crippen molar-refractivity contribution in [2.24, 2.45) is 7.05 Å². The van der Waals surface area contributed by atoms with E-state index in [0.717, 1.165) is 17.4 Å². The second kappa shape index (κ2) is 5.55. The van der Waals surface area contributed by atoms with Gasteiger partial charge in [-0.25, -0.2) is 9.78 Å². The van der Waals surface area contributed by atoms with Crippen molar-refractivity contribution in [3.8, 4) is 0 Å². The van der Waals surface area contributed by atoms with Gasteiger partial charge in [-0.1, -0.05) is 0 Å². The van der Waals surface area contributed by atoms with Crippen LogP contribution in [0.25, 0.3) is 0 Å². The summed E-state index contributed by atoms with van der Waals surface area (Å²) < 4.78 is 40.6. The van der Waals surface area contributed by atoms with Crippen molar-refractivity contribution in [2.75, 3.05) is 6.54 Å². The smallest absolute Gasteiger partial charge is 0.374 e. The number of halogens is 3. The zero-order valence-electron chi connectivity index (χ0n) is 11.4. The number of aryl methyl sites for hydroxylation is 1. The summed E-state index contributed by atoms with van der Waals surface area (Å²) in [6.45, 7) is -0.318. The standard InChI is InChI=1S/C12H17F3N4O2/c1-19-7-6-16-9(19)11(21,12(13,14)15)4-5-17-10(20)18-8-2-3-8/h6-8,21H,2-5H2,1H3,(H2,17,18,20). The highest BCUT2D eigenvalue weighted by Gasteiger charge is 2.57. The summed E-state index contributed by atoms with van der Waals surface area (Å²) in [6, 6.07) is -0.414. The Morgan fingerprint density at radius 1 is 1.52 bits per heavy atom. The quantitative estimate of drug-likeness (QED) is 0.760. The highest BCUT2D eigenvalue weighted by atomic mass is 19.4. The molecule has 118 valence electrons. The summed E-state index contributed by atoms with van der Waals surface area (Å²) in [5.41, 5.74) is -3.10. The highest BCUT2D eigenvalue weighted by molar-refractivity contribution is 5.74. The third-order valence-electron chi connectivity index (χ3n) is 3.34. The largest absolute Gasteiger partial charge is 0.424 e. The molecule has 0 aliphatic heterocycles. The number of amides is 2. The molecule has 1 aromatic heterocycles. The Morgan fingerprint density at radius 2 is 2.19 bits per heavy atom. The first-order valence-corrected chi connectivity index (χ1v) is 6.55. The highest BCUT2D eigenvalue weighted by Crippen LogP contribution is 2.40. The van der Waals surface area contributed by atoms with Crippen molar-refractivity contribution >= 4 is 6.03 Å². The fraction of sp³-hybridized carbons (Fsp3) is 0.667. The van der Waals surface area contributed by atoms with Crippen LogP contribution in [0.1, 0.15) is 25.1 Å². The van der Waals surface area contributed by atoms with Gasteiger partial charge in [0.2, 0.25) is 5.60 Å². The maximum absolute atomic E-state index is 13.2. The number of aromatic nitrogens is 2. The fourth-order valence-electron chi connectivity index (χ4n) is 1.97. The maximum Gasteiger partial charge on any atom is 0.424 e. The van der Waals surface area contributed by atoms with Crippen LogP contribution in [-0.2, 0) is 12.6 Å². The minimum absolute atomic E-state index is 0.112. The summed E-state index contributed by atoms with van der Waals surface area (Å²) in [6.07, 6.45) is -1.33. The van der Waals surface area contributed by atoms with Gasteiger partial charge in [0.05, 0.1) is 0 Å². The molecule has 0 bridgehead atoms. The van der Waals surface area contributed by atoms with E-state index in [9.17, 15) is 23.1 Å². The Kier molecular flexibility index (Phi) is 4.13. The number of carbonyl (C=O) groups is 1. The van der Waals surface area contributed by atoms with E-state index in [1.165, 1.54) is 19.4 Å². The van der Waals surface area contributed by atoms with E-state index < -0.39 is 30.1 Å². The number of nitrogens with zero attached hydrogens (tertiary/aromatic N) is 2. The molecule has 1 saturated carbocycles. The minimum Gasteiger partial charge on any atom is -0.374 e. The molecule has 0 saturated heterocycles. The van der Waals surface area contributed by atoms with Crippen molar-refractivity contribution in [3.63, 3.8) is 0 Å². The van der Waals surface area contributed by atoms with Crippen LogP contribution in [0.3, 0.4) is 0 Å². The van der Waals surface area contributed by atoms with Crippen LogP contribution in [-0.4, -0.2) is 39.5 Å². The van der Waals surface area contributed by atoms with E-state index in [1.54, 1.807) is 0 Å². The molecule has 3 N–H and O–H groups in total. The zero-order chi connectivity index (χ0) is 15.7. The van der Waals surface area contributed by atoms with Crippen LogP contribution in [0, 0.1) is 0 Å². The van der Waals surface area contributed by atoms with Gasteiger partial charge >= 0.3 is 12.2 Å². The molecule has 0 radical (unpaired) electrons. The Morgan fingerprint density at radius 3 is 2.67 bits per heavy atom. The van der Waals surface area contributed by atoms with Gasteiger partial charge in [-0.15, -0.1) is 0 Å². The van der Waals surface area contributed by atoms with Crippen LogP contribution >= 0.6 is 0 Å². The van der Waals surface area contributed by atoms with Crippen molar-refractivity contribution in [3.05, 3.63) is 18.2 Å². The Labute approximate surface area is 119 Å². The molecular weight excluding hydrogens is 289 g/mol. The monoisotopic (exact) mass is 306 g/mol. The predicted molar refractivity (Wildman–Crippen MR) is 67.3 cm³/mol. The van der Waals surface area contributed by atoms with Crippen LogP contribution in [0.5, 0.6) is 0 Å². The number of imidazole rings is 1. The van der Waals surface area contributed by atoms with Crippen molar-refractivity contribution in [1.29, 1.82) is 0 Å². The van der Waals surface area contributed by atoms with Gasteiger partial charge in [0.1, 0.15) is 5.82 Å². The average Bonchev–Trinajstić information content (AvgIpc) is 3.06. The molecule has 9 heteroatoms. The Balaban J connectivity index is 2.00. The lowest BCUT2D eigenvalue weighted by Crippen LogP contribution is -2.47. The summed E-state index contributed by atoms with van der Waals surface area (Å²) in [4.78, 5) is 15.0. The molecule has 1 unspecified atom stereocenters. The Bertz CT molecular complexity index is 513. The number of aliphatic hydroxyl groups is 1. The van der Waals surface area contributed by atoms with Crippen molar-refractivity contribution in [2.45, 2.75) is 37.1 Å². The van der Waals surface area contributed by atoms with Crippen LogP contribution in [0.2, 0.25) is 0 Å². The lowest BCUT2D eigenvalue weighted by molar-refractivity contribution is -0.272. The molecule has 2 amide bonds. The molecule has 21 heavy (non-hydrogen) atoms. The number of nitrogens with one attached hydrogen (secondary N) is 2. The zero-order valence-corrected chi connectivity index (χ0v) is 11.4. The molecule has 1 fully saturated rings. The summed E-state index contributed by atoms with van der Waals surface area (Å²) in [5, 5.41) is 14.9. The second-order valence-corrected chi connectivity index (χ2v) is 5.14. The van der Waals surface area contributed by atoms with Gasteiger partial charge in [-0.2, -0.15) is 13.2 Å². The first-order valence-electron chi connectivity index (χ1n) is 6.55. The maximum atomic E-state index is 13.2.